The van der Waals surface area contributed by atoms with Gasteiger partial charge in [0.2, 0.25) is 0 Å². The summed E-state index contributed by atoms with van der Waals surface area (Å²) >= 11 is 7.13. The van der Waals surface area contributed by atoms with E-state index < -0.39 is 14.3 Å². The highest BCUT2D eigenvalue weighted by Gasteiger charge is 2.59. The lowest BCUT2D eigenvalue weighted by Gasteiger charge is -2.58. The van der Waals surface area contributed by atoms with E-state index in [9.17, 15) is 0 Å². The molecule has 5 heteroatoms. The average Bonchev–Trinajstić information content (AvgIpc) is 3.61. The fraction of sp³-hybridized carbons (Fsp3) is 0.509. The van der Waals surface area contributed by atoms with Gasteiger partial charge in [0.15, 0.2) is 0 Å². The summed E-state index contributed by atoms with van der Waals surface area (Å²) in [6.45, 7) is 14.2. The van der Waals surface area contributed by atoms with Crippen LogP contribution in [0.5, 0.6) is 0 Å². The SMILES string of the molecule is CC(C)CCC[C@@H](C)[C@H]1CCC2C3CC=C4C[C@@H](OCCN(P(c5ccccc5)c5ccccc5)P(=S)(c5ccccc5)c5ccccc5)CC[C@]4(C)C3CC[C@@]21C. The van der Waals surface area contributed by atoms with E-state index in [2.05, 4.69) is 166 Å². The summed E-state index contributed by atoms with van der Waals surface area (Å²) in [5, 5.41) is 5.14. The Labute approximate surface area is 358 Å². The van der Waals surface area contributed by atoms with Gasteiger partial charge in [0.1, 0.15) is 0 Å². The Balaban J connectivity index is 1.02. The normalized spacial score (nSPS) is 28.8. The van der Waals surface area contributed by atoms with Gasteiger partial charge < -0.3 is 4.74 Å². The van der Waals surface area contributed by atoms with E-state index in [4.69, 9.17) is 16.5 Å². The molecule has 4 aromatic rings. The fourth-order valence-corrected chi connectivity index (χ4v) is 20.9. The summed E-state index contributed by atoms with van der Waals surface area (Å²) in [6, 6.07) is 44.2. The van der Waals surface area contributed by atoms with Crippen molar-refractivity contribution in [1.29, 1.82) is 0 Å². The van der Waals surface area contributed by atoms with E-state index in [1.165, 1.54) is 79.0 Å². The number of benzene rings is 4. The molecule has 0 radical (unpaired) electrons. The van der Waals surface area contributed by atoms with Crippen molar-refractivity contribution in [3.05, 3.63) is 133 Å². The topological polar surface area (TPSA) is 12.5 Å². The molecule has 0 aromatic heterocycles. The standard InChI is InChI=1S/C53H69NOP2S/c1-40(2)19-18-20-41(3)49-31-32-50-48-30-29-42-39-43(33-35-52(42,4)51(48)34-36-53(49,50)5)55-38-37-54(56(44-21-10-6-11-22-44)45-23-12-7-13-24-45)57(58,46-25-14-8-15-26-46)47-27-16-9-17-28-47/h6-17,21-29,40-41,43,48-51H,18-20,30-39H2,1-5H3/t41-,43+,48?,49-,50?,51?,52+,53-/m1/s1. The summed E-state index contributed by atoms with van der Waals surface area (Å²) in [5.74, 6) is 5.20. The van der Waals surface area contributed by atoms with Crippen LogP contribution in [0.4, 0.5) is 0 Å². The molecule has 4 aliphatic rings. The van der Waals surface area contributed by atoms with Crippen molar-refractivity contribution < 1.29 is 4.74 Å². The molecule has 0 aliphatic heterocycles. The first-order chi connectivity index (χ1) is 28.1. The maximum Gasteiger partial charge on any atom is 0.0749 e. The van der Waals surface area contributed by atoms with Crippen LogP contribution in [0.3, 0.4) is 0 Å². The molecule has 3 saturated carbocycles. The van der Waals surface area contributed by atoms with Gasteiger partial charge in [-0.1, -0.05) is 199 Å². The molecule has 8 rings (SSSR count). The predicted molar refractivity (Wildman–Crippen MR) is 255 cm³/mol. The summed E-state index contributed by atoms with van der Waals surface area (Å²) in [7, 11) is -0.944. The molecular weight excluding hydrogens is 761 g/mol. The molecule has 308 valence electrons. The Morgan fingerprint density at radius 3 is 1.90 bits per heavy atom. The third kappa shape index (κ3) is 8.32. The number of allylic oxidation sites excluding steroid dienone is 1. The number of fused-ring (bicyclic) bond motifs is 5. The Kier molecular flexibility index (Phi) is 13.4. The molecular formula is C53H69NOP2S. The zero-order chi connectivity index (χ0) is 40.3. The Morgan fingerprint density at radius 1 is 0.724 bits per heavy atom. The molecule has 58 heavy (non-hydrogen) atoms. The molecule has 0 bridgehead atoms. The second-order valence-electron chi connectivity index (χ2n) is 19.4. The van der Waals surface area contributed by atoms with Gasteiger partial charge in [-0.25, -0.2) is 4.44 Å². The van der Waals surface area contributed by atoms with E-state index in [-0.39, 0.29) is 6.10 Å². The number of rotatable bonds is 15. The fourth-order valence-electron chi connectivity index (χ4n) is 12.7. The van der Waals surface area contributed by atoms with Crippen LogP contribution in [0.2, 0.25) is 0 Å². The third-order valence-electron chi connectivity index (χ3n) is 15.7. The molecule has 3 unspecified atom stereocenters. The van der Waals surface area contributed by atoms with Gasteiger partial charge in [-0.05, 0) is 108 Å². The Bertz CT molecular complexity index is 1920. The predicted octanol–water partition coefficient (Wildman–Crippen LogP) is 12.8. The van der Waals surface area contributed by atoms with Crippen LogP contribution >= 0.6 is 14.3 Å². The highest BCUT2D eigenvalue weighted by Crippen LogP contribution is 2.67. The van der Waals surface area contributed by atoms with Gasteiger partial charge in [-0.2, -0.15) is 0 Å². The monoisotopic (exact) mass is 829 g/mol. The van der Waals surface area contributed by atoms with E-state index in [1.807, 2.05) is 0 Å². The van der Waals surface area contributed by atoms with Crippen molar-refractivity contribution in [2.24, 2.45) is 46.3 Å². The Morgan fingerprint density at radius 2 is 1.31 bits per heavy atom. The van der Waals surface area contributed by atoms with Crippen LogP contribution in [-0.2, 0) is 16.5 Å². The maximum atomic E-state index is 7.13. The van der Waals surface area contributed by atoms with Gasteiger partial charge in [0.25, 0.3) is 0 Å². The molecule has 0 saturated heterocycles. The lowest BCUT2D eigenvalue weighted by Crippen LogP contribution is -2.51. The molecule has 0 heterocycles. The van der Waals surface area contributed by atoms with Crippen LogP contribution in [0.1, 0.15) is 105 Å². The third-order valence-corrected chi connectivity index (χ3v) is 24.3. The van der Waals surface area contributed by atoms with E-state index in [0.29, 0.717) is 17.4 Å². The molecule has 8 atom stereocenters. The molecule has 0 N–H and O–H groups in total. The smallest absolute Gasteiger partial charge is 0.0749 e. The minimum atomic E-state index is -2.47. The minimum absolute atomic E-state index is 0.264. The largest absolute Gasteiger partial charge is 0.377 e. The van der Waals surface area contributed by atoms with Crippen molar-refractivity contribution in [3.63, 3.8) is 0 Å². The summed E-state index contributed by atoms with van der Waals surface area (Å²) in [5.41, 5.74) is 2.58. The molecule has 4 aromatic carbocycles. The quantitative estimate of drug-likeness (QED) is 0.0875. The van der Waals surface area contributed by atoms with E-state index in [1.54, 1.807) is 5.57 Å². The van der Waals surface area contributed by atoms with Crippen LogP contribution in [0, 0.1) is 46.3 Å². The molecule has 0 amide bonds. The lowest BCUT2D eigenvalue weighted by atomic mass is 9.47. The number of nitrogens with zero attached hydrogens (tertiary/aromatic N) is 1. The highest BCUT2D eigenvalue weighted by atomic mass is 32.4. The van der Waals surface area contributed by atoms with E-state index >= 15 is 0 Å². The Hall–Kier alpha value is -2.38. The van der Waals surface area contributed by atoms with Gasteiger partial charge in [0.05, 0.1) is 18.9 Å². The van der Waals surface area contributed by atoms with Crippen molar-refractivity contribution in [2.75, 3.05) is 13.2 Å². The summed E-state index contributed by atoms with van der Waals surface area (Å²) in [4.78, 5) is 0. The zero-order valence-electron chi connectivity index (χ0n) is 36.0. The second-order valence-corrected chi connectivity index (χ2v) is 26.1. The first-order valence-corrected chi connectivity index (χ1v) is 26.9. The van der Waals surface area contributed by atoms with Crippen LogP contribution in [-0.4, -0.2) is 23.7 Å². The van der Waals surface area contributed by atoms with Gasteiger partial charge >= 0.3 is 0 Å². The first-order valence-electron chi connectivity index (χ1n) is 22.8. The maximum absolute atomic E-state index is 7.13. The first kappa shape index (κ1) is 42.3. The van der Waals surface area contributed by atoms with E-state index in [0.717, 1.165) is 54.9 Å². The molecule has 2 nitrogen and oxygen atoms in total. The highest BCUT2D eigenvalue weighted by molar-refractivity contribution is 8.22. The number of hydrogen-bond acceptors (Lipinski definition) is 2. The van der Waals surface area contributed by atoms with Crippen LogP contribution < -0.4 is 21.2 Å². The van der Waals surface area contributed by atoms with Crippen LogP contribution in [0.15, 0.2) is 133 Å². The van der Waals surface area contributed by atoms with Crippen molar-refractivity contribution in [2.45, 2.75) is 111 Å². The molecule has 3 fully saturated rings. The van der Waals surface area contributed by atoms with Crippen molar-refractivity contribution in [1.82, 2.24) is 4.44 Å². The molecule has 4 aliphatic carbocycles. The second kappa shape index (κ2) is 18.3. The zero-order valence-corrected chi connectivity index (χ0v) is 38.6. The molecule has 0 spiro atoms. The summed E-state index contributed by atoms with van der Waals surface area (Å²) in [6.07, 6.45) is 15.3. The van der Waals surface area contributed by atoms with Gasteiger partial charge in [-0.3, -0.25) is 0 Å². The van der Waals surface area contributed by atoms with Gasteiger partial charge in [0, 0.05) is 25.2 Å². The number of hydrogen-bond donors (Lipinski definition) is 0. The number of ether oxygens (including phenoxy) is 1. The van der Waals surface area contributed by atoms with Gasteiger partial charge in [-0.15, -0.1) is 0 Å². The van der Waals surface area contributed by atoms with Crippen LogP contribution in [0.25, 0.3) is 0 Å². The van der Waals surface area contributed by atoms with Crippen molar-refractivity contribution >= 4 is 47.3 Å². The minimum Gasteiger partial charge on any atom is -0.377 e. The lowest BCUT2D eigenvalue weighted by molar-refractivity contribution is -0.0638. The summed E-state index contributed by atoms with van der Waals surface area (Å²) < 4.78 is 9.83. The average molecular weight is 830 g/mol. The van der Waals surface area contributed by atoms with Crippen molar-refractivity contribution in [3.8, 4) is 0 Å².